The Labute approximate surface area is 245 Å². The Bertz CT molecular complexity index is 1440. The van der Waals surface area contributed by atoms with E-state index < -0.39 is 16.1 Å². The smallest absolute Gasteiger partial charge is 0.243 e. The van der Waals surface area contributed by atoms with E-state index in [9.17, 15) is 18.0 Å². The van der Waals surface area contributed by atoms with Crippen molar-refractivity contribution in [2.45, 2.75) is 72.5 Å². The summed E-state index contributed by atoms with van der Waals surface area (Å²) < 4.78 is 26.9. The molecule has 0 aromatic heterocycles. The Morgan fingerprint density at radius 3 is 2.15 bits per heavy atom. The molecule has 0 saturated carbocycles. The quantitative estimate of drug-likeness (QED) is 0.298. The standard InChI is InChI=1S/C33H43N3O4S/c1-24(2)34-33(38)31(22-28-13-8-7-9-14-28)35(23-29-15-10-12-25(3)20-29)32(37)16-11-19-36(41(6,39)40)30-21-26(4)17-18-27(30)5/h7-10,12-15,17-18,20-21,24,31H,11,16,19,22-23H2,1-6H3,(H,34,38)/t31-/m1/s1. The Morgan fingerprint density at radius 1 is 0.854 bits per heavy atom. The van der Waals surface area contributed by atoms with Gasteiger partial charge < -0.3 is 10.2 Å². The van der Waals surface area contributed by atoms with Crippen molar-refractivity contribution < 1.29 is 18.0 Å². The summed E-state index contributed by atoms with van der Waals surface area (Å²) in [7, 11) is -3.57. The first-order valence-electron chi connectivity index (χ1n) is 14.1. The highest BCUT2D eigenvalue weighted by atomic mass is 32.2. The second-order valence-electron chi connectivity index (χ2n) is 11.1. The van der Waals surface area contributed by atoms with Gasteiger partial charge in [-0.05, 0) is 69.4 Å². The molecule has 0 unspecified atom stereocenters. The first-order chi connectivity index (χ1) is 19.3. The lowest BCUT2D eigenvalue weighted by Gasteiger charge is -2.32. The number of nitrogens with zero attached hydrogens (tertiary/aromatic N) is 2. The van der Waals surface area contributed by atoms with Crippen molar-refractivity contribution in [3.05, 3.63) is 101 Å². The van der Waals surface area contributed by atoms with Crippen molar-refractivity contribution in [2.75, 3.05) is 17.1 Å². The van der Waals surface area contributed by atoms with Crippen LogP contribution in [0.1, 0.15) is 54.5 Å². The summed E-state index contributed by atoms with van der Waals surface area (Å²) in [5.41, 5.74) is 5.38. The minimum atomic E-state index is -3.57. The number of hydrogen-bond donors (Lipinski definition) is 1. The molecule has 1 atom stereocenters. The molecule has 41 heavy (non-hydrogen) atoms. The molecule has 0 spiro atoms. The first-order valence-corrected chi connectivity index (χ1v) is 15.9. The van der Waals surface area contributed by atoms with Gasteiger partial charge in [0.05, 0.1) is 11.9 Å². The first kappa shape index (κ1) is 31.9. The summed E-state index contributed by atoms with van der Waals surface area (Å²) in [5, 5.41) is 3.00. The number of carbonyl (C=O) groups excluding carboxylic acids is 2. The van der Waals surface area contributed by atoms with E-state index >= 15 is 0 Å². The number of benzene rings is 3. The monoisotopic (exact) mass is 577 g/mol. The molecule has 0 aliphatic heterocycles. The minimum absolute atomic E-state index is 0.0856. The van der Waals surface area contributed by atoms with E-state index in [-0.39, 0.29) is 37.4 Å². The largest absolute Gasteiger partial charge is 0.352 e. The van der Waals surface area contributed by atoms with Gasteiger partial charge in [0.25, 0.3) is 0 Å². The van der Waals surface area contributed by atoms with Gasteiger partial charge in [-0.2, -0.15) is 0 Å². The fraction of sp³-hybridized carbons (Fsp3) is 0.394. The maximum absolute atomic E-state index is 13.9. The second kappa shape index (κ2) is 14.3. The number of rotatable bonds is 13. The summed E-state index contributed by atoms with van der Waals surface area (Å²) in [5.74, 6) is -0.404. The highest BCUT2D eigenvalue weighted by Crippen LogP contribution is 2.25. The number of amides is 2. The highest BCUT2D eigenvalue weighted by molar-refractivity contribution is 7.92. The lowest BCUT2D eigenvalue weighted by Crippen LogP contribution is -2.51. The van der Waals surface area contributed by atoms with Crippen molar-refractivity contribution in [1.82, 2.24) is 10.2 Å². The summed E-state index contributed by atoms with van der Waals surface area (Å²) in [6, 6.07) is 22.5. The molecule has 0 bridgehead atoms. The number of nitrogens with one attached hydrogen (secondary N) is 1. The normalized spacial score (nSPS) is 12.2. The average molecular weight is 578 g/mol. The van der Waals surface area contributed by atoms with Gasteiger partial charge >= 0.3 is 0 Å². The van der Waals surface area contributed by atoms with Gasteiger partial charge in [0.1, 0.15) is 6.04 Å². The number of hydrogen-bond acceptors (Lipinski definition) is 4. The van der Waals surface area contributed by atoms with Gasteiger partial charge in [0, 0.05) is 32.0 Å². The van der Waals surface area contributed by atoms with Gasteiger partial charge in [-0.1, -0.05) is 72.3 Å². The highest BCUT2D eigenvalue weighted by Gasteiger charge is 2.31. The van der Waals surface area contributed by atoms with Crippen LogP contribution in [0, 0.1) is 20.8 Å². The van der Waals surface area contributed by atoms with E-state index in [1.807, 2.05) is 107 Å². The molecule has 0 radical (unpaired) electrons. The third-order valence-corrected chi connectivity index (χ3v) is 8.10. The van der Waals surface area contributed by atoms with Crippen LogP contribution in [0.3, 0.4) is 0 Å². The van der Waals surface area contributed by atoms with E-state index in [1.165, 1.54) is 10.6 Å². The molecule has 0 fully saturated rings. The van der Waals surface area contributed by atoms with Crippen LogP contribution >= 0.6 is 0 Å². The third kappa shape index (κ3) is 9.46. The fourth-order valence-electron chi connectivity index (χ4n) is 4.91. The molecule has 2 amide bonds. The predicted molar refractivity (Wildman–Crippen MR) is 166 cm³/mol. The van der Waals surface area contributed by atoms with Crippen LogP contribution in [-0.4, -0.2) is 50.0 Å². The summed E-state index contributed by atoms with van der Waals surface area (Å²) in [6.07, 6.45) is 1.97. The van der Waals surface area contributed by atoms with Crippen molar-refractivity contribution in [1.29, 1.82) is 0 Å². The van der Waals surface area contributed by atoms with Crippen LogP contribution in [0.5, 0.6) is 0 Å². The molecular weight excluding hydrogens is 534 g/mol. The summed E-state index contributed by atoms with van der Waals surface area (Å²) in [6.45, 7) is 10.0. The van der Waals surface area contributed by atoms with Crippen molar-refractivity contribution in [2.24, 2.45) is 0 Å². The lowest BCUT2D eigenvalue weighted by atomic mass is 10.0. The molecule has 8 heteroatoms. The lowest BCUT2D eigenvalue weighted by molar-refractivity contribution is -0.141. The van der Waals surface area contributed by atoms with Gasteiger partial charge in [-0.15, -0.1) is 0 Å². The SMILES string of the molecule is Cc1cccc(CN(C(=O)CCCN(c2cc(C)ccc2C)S(C)(=O)=O)[C@H](Cc2ccccc2)C(=O)NC(C)C)c1. The molecule has 0 saturated heterocycles. The molecular formula is C33H43N3O4S. The molecule has 220 valence electrons. The second-order valence-corrected chi connectivity index (χ2v) is 13.0. The van der Waals surface area contributed by atoms with E-state index in [0.29, 0.717) is 18.5 Å². The number of carbonyl (C=O) groups is 2. The molecule has 1 N–H and O–H groups in total. The zero-order valence-corrected chi connectivity index (χ0v) is 25.9. The molecule has 0 aliphatic rings. The van der Waals surface area contributed by atoms with Crippen LogP contribution in [0.4, 0.5) is 5.69 Å². The average Bonchev–Trinajstić information content (AvgIpc) is 2.89. The maximum atomic E-state index is 13.9. The Hall–Kier alpha value is -3.65. The fourth-order valence-corrected chi connectivity index (χ4v) is 5.93. The molecule has 7 nitrogen and oxygen atoms in total. The molecule has 3 aromatic carbocycles. The van der Waals surface area contributed by atoms with Gasteiger partial charge in [0.2, 0.25) is 21.8 Å². The molecule has 0 heterocycles. The van der Waals surface area contributed by atoms with E-state index in [0.717, 1.165) is 27.8 Å². The van der Waals surface area contributed by atoms with Crippen molar-refractivity contribution >= 4 is 27.5 Å². The van der Waals surface area contributed by atoms with Crippen LogP contribution in [0.2, 0.25) is 0 Å². The Kier molecular flexibility index (Phi) is 11.1. The van der Waals surface area contributed by atoms with Crippen LogP contribution in [0.25, 0.3) is 0 Å². The van der Waals surface area contributed by atoms with Crippen molar-refractivity contribution in [3.8, 4) is 0 Å². The third-order valence-electron chi connectivity index (χ3n) is 6.92. The topological polar surface area (TPSA) is 86.8 Å². The zero-order chi connectivity index (χ0) is 30.2. The number of anilines is 1. The van der Waals surface area contributed by atoms with Gasteiger partial charge in [-0.25, -0.2) is 8.42 Å². The number of aryl methyl sites for hydroxylation is 3. The van der Waals surface area contributed by atoms with E-state index in [4.69, 9.17) is 0 Å². The molecule has 3 rings (SSSR count). The van der Waals surface area contributed by atoms with Crippen LogP contribution < -0.4 is 9.62 Å². The van der Waals surface area contributed by atoms with Crippen molar-refractivity contribution in [3.63, 3.8) is 0 Å². The molecule has 3 aromatic rings. The van der Waals surface area contributed by atoms with Gasteiger partial charge in [0.15, 0.2) is 0 Å². The maximum Gasteiger partial charge on any atom is 0.243 e. The number of sulfonamides is 1. The van der Waals surface area contributed by atoms with Crippen LogP contribution in [-0.2, 0) is 32.6 Å². The van der Waals surface area contributed by atoms with E-state index in [1.54, 1.807) is 4.90 Å². The van der Waals surface area contributed by atoms with E-state index in [2.05, 4.69) is 5.32 Å². The predicted octanol–water partition coefficient (Wildman–Crippen LogP) is 5.32. The Morgan fingerprint density at radius 2 is 1.51 bits per heavy atom. The van der Waals surface area contributed by atoms with Gasteiger partial charge in [-0.3, -0.25) is 13.9 Å². The summed E-state index contributed by atoms with van der Waals surface area (Å²) in [4.78, 5) is 29.1. The minimum Gasteiger partial charge on any atom is -0.352 e. The molecule has 0 aliphatic carbocycles. The zero-order valence-electron chi connectivity index (χ0n) is 25.1. The Balaban J connectivity index is 1.90. The summed E-state index contributed by atoms with van der Waals surface area (Å²) >= 11 is 0. The van der Waals surface area contributed by atoms with Crippen LogP contribution in [0.15, 0.2) is 72.8 Å².